The van der Waals surface area contributed by atoms with Crippen LogP contribution in [0.5, 0.6) is 0 Å². The van der Waals surface area contributed by atoms with Gasteiger partial charge in [0.25, 0.3) is 0 Å². The molecule has 3 aromatic carbocycles. The van der Waals surface area contributed by atoms with Crippen molar-refractivity contribution in [1.82, 2.24) is 9.55 Å². The van der Waals surface area contributed by atoms with Crippen LogP contribution in [-0.2, 0) is 0 Å². The maximum atomic E-state index is 7.05. The maximum absolute atomic E-state index is 7.05. The van der Waals surface area contributed by atoms with Crippen molar-refractivity contribution in [3.8, 4) is 28.2 Å². The van der Waals surface area contributed by atoms with E-state index in [0.29, 0.717) is 11.8 Å². The van der Waals surface area contributed by atoms with E-state index in [9.17, 15) is 0 Å². The fourth-order valence-corrected chi connectivity index (χ4v) is 17.6. The summed E-state index contributed by atoms with van der Waals surface area (Å²) < 4.78 is 3.37. The third kappa shape index (κ3) is 25.8. The summed E-state index contributed by atoms with van der Waals surface area (Å²) in [6.07, 6.45) is -53.9. The molecular weight excluding hydrogens is 1230 g/mol. The van der Waals surface area contributed by atoms with Crippen molar-refractivity contribution in [3.05, 3.63) is 94.7 Å². The molecule has 0 amide bonds. The molecule has 0 N–H and O–H groups in total. The second-order valence-corrected chi connectivity index (χ2v) is 29.9. The third-order valence-corrected chi connectivity index (χ3v) is 21.8. The molecule has 0 saturated heterocycles. The molecule has 1 heterocycles. The second-order valence-electron chi connectivity index (χ2n) is 29.1. The monoisotopic (exact) mass is 1270 g/mol. The van der Waals surface area contributed by atoms with Gasteiger partial charge in [-0.05, 0) is 40.2 Å². The molecule has 0 saturated carbocycles. The number of imidazole rings is 1. The molecule has 104 heavy (non-hydrogen) atoms. The van der Waals surface area contributed by atoms with Gasteiger partial charge in [0, 0.05) is 546 Å². The van der Waals surface area contributed by atoms with E-state index in [-0.39, 0.29) is 0 Å². The molecule has 0 aliphatic carbocycles. The minimum atomic E-state index is -1.81. The summed E-state index contributed by atoms with van der Waals surface area (Å²) in [7, 11) is 258. The number of nitrogens with zero attached hydrogens (tertiary/aromatic N) is 2. The van der Waals surface area contributed by atoms with Crippen LogP contribution in [-0.4, -0.2) is 533 Å². The molecule has 1 aromatic heterocycles. The molecule has 2 nitrogen and oxygen atoms in total. The summed E-state index contributed by atoms with van der Waals surface area (Å²) >= 11 is 3.66. The maximum Gasteiger partial charge on any atom is 0.144 e. The van der Waals surface area contributed by atoms with E-state index in [1.165, 1.54) is 27.9 Å². The van der Waals surface area contributed by atoms with E-state index >= 15 is 0 Å². The van der Waals surface area contributed by atoms with Crippen LogP contribution in [0.4, 0.5) is 0 Å². The van der Waals surface area contributed by atoms with Crippen LogP contribution >= 0.6 is 15.9 Å². The smallest absolute Gasteiger partial charge is 0.144 e. The zero-order valence-corrected chi connectivity index (χ0v) is 62.2. The van der Waals surface area contributed by atoms with Crippen LogP contribution in [0, 0.1) is 0 Å². The third-order valence-electron chi connectivity index (χ3n) is 21.1. The van der Waals surface area contributed by atoms with Gasteiger partial charge in [-0.1, -0.05) is 104 Å². The van der Waals surface area contributed by atoms with Gasteiger partial charge >= 0.3 is 0 Å². The highest BCUT2D eigenvalue weighted by molar-refractivity contribution is 9.10. The number of halogens is 1. The summed E-state index contributed by atoms with van der Waals surface area (Å²) in [6.45, 7) is 9.02. The molecule has 0 aliphatic rings. The molecule has 0 bridgehead atoms. The molecular formula is C27H27B74BrN2. The van der Waals surface area contributed by atoms with Gasteiger partial charge in [0.2, 0.25) is 0 Å². The van der Waals surface area contributed by atoms with Crippen LogP contribution in [0.3, 0.4) is 0 Å². The standard InChI is InChI=1S/C27H27BrN2.B74/c1-18(2)22-9-7-10-23(19(3)4)26(22)30-17-16-29-27(30)21-14-12-20(13-15-21)24-8-5-6-11-25(24)28;1-39(2)58(40(3)4)67(57(37)38)72(68(59(41(5)6)42(7)8)60(43(9)10)44(11)12)74(71(65(53(29)30)54(31)32)66(55(33)34)56(35)36)73(69(61(45(13)14)46(15)16)62(47(17)18)48(19)20)70(63(49(21)22)50(23)24)64(51(25)26)52(27)28/h5-19H,1-4H3;. The van der Waals surface area contributed by atoms with E-state index in [1.54, 1.807) is 0 Å². The van der Waals surface area contributed by atoms with Crippen molar-refractivity contribution in [2.45, 2.75) is 39.5 Å². The van der Waals surface area contributed by atoms with E-state index < -0.39 is 230 Å². The lowest BCUT2D eigenvalue weighted by Crippen LogP contribution is -2.99. The molecule has 76 radical (unpaired) electrons. The second kappa shape index (κ2) is 46.2. The normalized spacial score (nSPS) is 10.3. The summed E-state index contributed by atoms with van der Waals surface area (Å²) in [4.78, 5) is 4.74. The summed E-state index contributed by atoms with van der Waals surface area (Å²) in [5.41, 5.74) is 7.47. The van der Waals surface area contributed by atoms with E-state index in [0.717, 1.165) is 15.9 Å². The molecule has 77 heteroatoms. The Morgan fingerprint density at radius 1 is 0.260 bits per heavy atom. The first kappa shape index (κ1) is 100. The van der Waals surface area contributed by atoms with Crippen LogP contribution in [0.1, 0.15) is 50.7 Å². The Morgan fingerprint density at radius 2 is 0.471 bits per heavy atom. The van der Waals surface area contributed by atoms with Gasteiger partial charge < -0.3 is 0 Å². The largest absolute Gasteiger partial charge is 0.299 e. The Hall–Kier alpha value is 2.16. The molecule has 4 aromatic rings. The zero-order chi connectivity index (χ0) is 80.0. The van der Waals surface area contributed by atoms with Crippen molar-refractivity contribution in [1.29, 1.82) is 0 Å². The van der Waals surface area contributed by atoms with Gasteiger partial charge in [0.15, 0.2) is 0 Å². The van der Waals surface area contributed by atoms with Gasteiger partial charge in [0.05, 0.1) is 5.69 Å². The number of hydrogen-bond acceptors (Lipinski definition) is 1. The fraction of sp³-hybridized carbons (Fsp3) is 0.222. The van der Waals surface area contributed by atoms with Gasteiger partial charge in [-0.2, -0.15) is 0 Å². The van der Waals surface area contributed by atoms with Crippen LogP contribution in [0.15, 0.2) is 83.6 Å². The predicted molar refractivity (Wildman–Crippen MR) is 556 cm³/mol. The SMILES string of the molecule is CC(C)c1cccc(C(C)C)c1-n1ccnc1-c1ccc(-c2ccccc2Br)cc1.[B]B([B])B(B([B])[B])B(B([B])[B])B(B(B(B([B])[B])B([B])[B])B(B([B])[B])B([B])[B])B(B(B(B([B])[B])B([B])[B])B(B([B])[B])B([B])[B])B(B(B(B([B])[B])B([B])[B])B(B([B])[B])B([B])[B])B(B(B([B])[B])B([B])[B])B(B([B])[B])B([B])[B]. The van der Waals surface area contributed by atoms with Crippen molar-refractivity contribution in [2.75, 3.05) is 0 Å². The van der Waals surface area contributed by atoms with Crippen molar-refractivity contribution >= 4 is 540 Å². The lowest BCUT2D eigenvalue weighted by molar-refractivity contribution is 0.807. The predicted octanol–water partition coefficient (Wildman–Crippen LogP) is -20.0. The Bertz CT molecular complexity index is 2840. The lowest BCUT2D eigenvalue weighted by atomic mass is 8.21. The highest BCUT2D eigenvalue weighted by Crippen LogP contribution is 2.36. The average molecular weight is 1260 g/mol. The number of para-hydroxylation sites is 1. The van der Waals surface area contributed by atoms with E-state index in [4.69, 9.17) is 299 Å². The Morgan fingerprint density at radius 3 is 0.702 bits per heavy atom. The fourth-order valence-electron chi connectivity index (χ4n) is 17.1. The number of rotatable bonds is 40. The van der Waals surface area contributed by atoms with Crippen molar-refractivity contribution in [2.24, 2.45) is 0 Å². The molecule has 0 atom stereocenters. The molecule has 4 rings (SSSR count). The Kier molecular flexibility index (Phi) is 44.6. The van der Waals surface area contributed by atoms with Crippen LogP contribution in [0.2, 0.25) is 0 Å². The Labute approximate surface area is 704 Å². The number of benzene rings is 3. The number of aromatic nitrogens is 2. The minimum absolute atomic E-state index is 0.437. The minimum Gasteiger partial charge on any atom is -0.299 e. The van der Waals surface area contributed by atoms with Gasteiger partial charge in [-0.3, -0.25) is 4.57 Å². The van der Waals surface area contributed by atoms with Gasteiger partial charge in [-0.15, -0.1) is 0 Å². The molecule has 0 aliphatic heterocycles. The highest BCUT2D eigenvalue weighted by atomic mass is 79.9. The number of hydrogen-bond donors (Lipinski definition) is 0. The van der Waals surface area contributed by atoms with Crippen molar-refractivity contribution in [3.63, 3.8) is 0 Å². The summed E-state index contributed by atoms with van der Waals surface area (Å²) in [6, 6.07) is 23.7. The van der Waals surface area contributed by atoms with E-state index in [2.05, 4.69) is 115 Å². The van der Waals surface area contributed by atoms with Gasteiger partial charge in [-0.25, -0.2) is 4.98 Å². The average Bonchev–Trinajstić information content (AvgIpc) is 0.753. The highest BCUT2D eigenvalue weighted by Gasteiger charge is 2.65. The van der Waals surface area contributed by atoms with Crippen LogP contribution < -0.4 is 0 Å². The Balaban J connectivity index is 0.000000763. The van der Waals surface area contributed by atoms with Crippen LogP contribution in [0.25, 0.3) is 28.2 Å². The van der Waals surface area contributed by atoms with E-state index in [1.807, 2.05) is 12.3 Å². The van der Waals surface area contributed by atoms with Gasteiger partial charge in [0.1, 0.15) is 5.82 Å². The molecule has 0 fully saturated rings. The quantitative estimate of drug-likeness (QED) is 0.0406. The topological polar surface area (TPSA) is 17.8 Å². The lowest BCUT2D eigenvalue weighted by Gasteiger charge is -2.61. The first-order valence-corrected chi connectivity index (χ1v) is 35.6. The first-order valence-electron chi connectivity index (χ1n) is 34.8. The summed E-state index contributed by atoms with van der Waals surface area (Å²) in [5.74, 6) is 1.85. The molecule has 0 spiro atoms. The molecule has 0 unspecified atom stereocenters. The zero-order valence-electron chi connectivity index (χ0n) is 60.7. The van der Waals surface area contributed by atoms with Crippen molar-refractivity contribution < 1.29 is 0 Å². The molecule has 374 valence electrons. The first-order chi connectivity index (χ1) is 48.1. The summed E-state index contributed by atoms with van der Waals surface area (Å²) in [5, 5.41) is 0.